The van der Waals surface area contributed by atoms with Crippen molar-refractivity contribution >= 4 is 41.0 Å². The molecule has 6 heteroatoms. The van der Waals surface area contributed by atoms with Gasteiger partial charge in [0.15, 0.2) is 11.5 Å². The number of fused-ring (bicyclic) bond motifs is 2. The van der Waals surface area contributed by atoms with Crippen LogP contribution in [0.5, 0.6) is 17.2 Å². The molecule has 0 radical (unpaired) electrons. The molecule has 0 amide bonds. The Bertz CT molecular complexity index is 1090. The largest absolute Gasteiger partial charge is 0.452 e. The molecule has 2 aliphatic heterocycles. The first-order chi connectivity index (χ1) is 14.3. The number of hydrogen-bond donors (Lipinski definition) is 0. The van der Waals surface area contributed by atoms with E-state index >= 15 is 0 Å². The molecule has 0 aromatic heterocycles. The van der Waals surface area contributed by atoms with Crippen LogP contribution in [0.2, 0.25) is 10.0 Å². The fraction of sp³-hybridized carbons (Fsp3) is 0.0833. The molecule has 0 aliphatic carbocycles. The highest BCUT2D eigenvalue weighted by Crippen LogP contribution is 2.50. The van der Waals surface area contributed by atoms with Crippen molar-refractivity contribution in [2.45, 2.75) is 13.8 Å². The van der Waals surface area contributed by atoms with Crippen LogP contribution in [0.1, 0.15) is 28.4 Å². The van der Waals surface area contributed by atoms with Crippen LogP contribution in [0.15, 0.2) is 66.7 Å². The Kier molecular flexibility index (Phi) is 6.93. The van der Waals surface area contributed by atoms with E-state index in [1.54, 1.807) is 42.5 Å². The molecule has 3 aromatic rings. The van der Waals surface area contributed by atoms with Crippen molar-refractivity contribution < 1.29 is 19.1 Å². The van der Waals surface area contributed by atoms with E-state index in [1.165, 1.54) is 13.0 Å². The summed E-state index contributed by atoms with van der Waals surface area (Å²) < 4.78 is 9.95. The Morgan fingerprint density at radius 2 is 1.60 bits per heavy atom. The Morgan fingerprint density at radius 3 is 2.10 bits per heavy atom. The molecule has 3 aromatic carbocycles. The number of allylic oxidation sites excluding steroid dienone is 1. The Hall–Kier alpha value is -3.08. The lowest BCUT2D eigenvalue weighted by Gasteiger charge is -2.20. The highest BCUT2D eigenvalue weighted by Gasteiger charge is 2.22. The van der Waals surface area contributed by atoms with Gasteiger partial charge in [0.05, 0.1) is 5.02 Å². The second kappa shape index (κ2) is 9.61. The lowest BCUT2D eigenvalue weighted by atomic mass is 10.1. The standard InChI is InChI=1S/C18H16O3.C6H2Cl2O/c1-13-3-8-16(9-4-13)18(20)12-7-15-5-10-17(11-6-15)21-14(2)19;7-3-1-2-4-5(8)6(3)9-4/h3-12H,1-2H3;1-2H. The van der Waals surface area contributed by atoms with Crippen molar-refractivity contribution in [3.05, 3.63) is 93.5 Å². The summed E-state index contributed by atoms with van der Waals surface area (Å²) in [6, 6.07) is 17.9. The second-order valence-electron chi connectivity index (χ2n) is 6.52. The first kappa shape index (κ1) is 21.6. The van der Waals surface area contributed by atoms with Gasteiger partial charge in [-0.3, -0.25) is 9.59 Å². The number of hydrogen-bond acceptors (Lipinski definition) is 4. The number of halogens is 2. The maximum Gasteiger partial charge on any atom is 0.308 e. The molecular formula is C24H18Cl2O4. The number of esters is 1. The summed E-state index contributed by atoms with van der Waals surface area (Å²) in [5, 5.41) is 1.22. The fourth-order valence-corrected chi connectivity index (χ4v) is 3.04. The first-order valence-electron chi connectivity index (χ1n) is 9.07. The van der Waals surface area contributed by atoms with Crippen LogP contribution in [0.3, 0.4) is 0 Å². The molecule has 0 spiro atoms. The molecule has 0 N–H and O–H groups in total. The molecule has 30 heavy (non-hydrogen) atoms. The van der Waals surface area contributed by atoms with Gasteiger partial charge in [-0.1, -0.05) is 71.2 Å². The van der Waals surface area contributed by atoms with Crippen LogP contribution < -0.4 is 9.47 Å². The van der Waals surface area contributed by atoms with E-state index in [0.717, 1.165) is 16.9 Å². The second-order valence-corrected chi connectivity index (χ2v) is 7.30. The average Bonchev–Trinajstić information content (AvgIpc) is 2.73. The smallest absolute Gasteiger partial charge is 0.308 e. The van der Waals surface area contributed by atoms with Crippen LogP contribution in [0, 0.1) is 6.92 Å². The lowest BCUT2D eigenvalue weighted by Crippen LogP contribution is -2.00. The number of carbonyl (C=O) groups excluding carboxylic acids is 2. The number of ether oxygens (including phenoxy) is 2. The van der Waals surface area contributed by atoms with Crippen LogP contribution in [0.4, 0.5) is 0 Å². The summed E-state index contributed by atoms with van der Waals surface area (Å²) in [6.45, 7) is 3.34. The summed E-state index contributed by atoms with van der Waals surface area (Å²) in [7, 11) is 0. The van der Waals surface area contributed by atoms with Crippen molar-refractivity contribution in [1.82, 2.24) is 0 Å². The average molecular weight is 441 g/mol. The zero-order valence-electron chi connectivity index (χ0n) is 16.3. The van der Waals surface area contributed by atoms with E-state index in [4.69, 9.17) is 32.7 Å². The fourth-order valence-electron chi connectivity index (χ4n) is 2.55. The molecule has 0 saturated heterocycles. The number of rotatable bonds is 4. The van der Waals surface area contributed by atoms with Crippen molar-refractivity contribution in [1.29, 1.82) is 0 Å². The van der Waals surface area contributed by atoms with E-state index in [9.17, 15) is 9.59 Å². The third-order valence-electron chi connectivity index (χ3n) is 4.13. The minimum absolute atomic E-state index is 0.0425. The maximum absolute atomic E-state index is 12.0. The van der Waals surface area contributed by atoms with Crippen LogP contribution in [-0.4, -0.2) is 11.8 Å². The molecule has 5 rings (SSSR count). The van der Waals surface area contributed by atoms with Crippen LogP contribution in [-0.2, 0) is 4.79 Å². The predicted molar refractivity (Wildman–Crippen MR) is 119 cm³/mol. The highest BCUT2D eigenvalue weighted by molar-refractivity contribution is 6.39. The number of carbonyl (C=O) groups is 2. The molecule has 2 aliphatic rings. The van der Waals surface area contributed by atoms with Gasteiger partial charge in [-0.05, 0) is 42.8 Å². The monoisotopic (exact) mass is 440 g/mol. The Morgan fingerprint density at radius 1 is 0.933 bits per heavy atom. The minimum Gasteiger partial charge on any atom is -0.452 e. The molecule has 0 saturated carbocycles. The molecular weight excluding hydrogens is 423 g/mol. The van der Waals surface area contributed by atoms with Gasteiger partial charge >= 0.3 is 5.97 Å². The molecule has 0 unspecified atom stereocenters. The summed E-state index contributed by atoms with van der Waals surface area (Å²) in [5.41, 5.74) is 2.65. The third kappa shape index (κ3) is 5.50. The van der Waals surface area contributed by atoms with Crippen molar-refractivity contribution in [2.24, 2.45) is 0 Å². The van der Waals surface area contributed by atoms with E-state index in [2.05, 4.69) is 0 Å². The van der Waals surface area contributed by atoms with Gasteiger partial charge in [-0.2, -0.15) is 0 Å². The van der Waals surface area contributed by atoms with Gasteiger partial charge in [0.2, 0.25) is 0 Å². The van der Waals surface area contributed by atoms with Gasteiger partial charge in [0, 0.05) is 12.5 Å². The molecule has 4 nitrogen and oxygen atoms in total. The van der Waals surface area contributed by atoms with Crippen LogP contribution in [0.25, 0.3) is 6.08 Å². The van der Waals surface area contributed by atoms with E-state index in [1.807, 2.05) is 31.2 Å². The van der Waals surface area contributed by atoms with Crippen molar-refractivity contribution in [3.63, 3.8) is 0 Å². The Labute approximate surface area is 184 Å². The quantitative estimate of drug-likeness (QED) is 0.149. The van der Waals surface area contributed by atoms with Gasteiger partial charge in [-0.15, -0.1) is 0 Å². The number of ketones is 1. The molecule has 2 bridgehead atoms. The van der Waals surface area contributed by atoms with Crippen molar-refractivity contribution in [3.8, 4) is 17.2 Å². The van der Waals surface area contributed by atoms with Crippen LogP contribution >= 0.6 is 23.2 Å². The van der Waals surface area contributed by atoms with E-state index < -0.39 is 0 Å². The lowest BCUT2D eigenvalue weighted by molar-refractivity contribution is -0.131. The SMILES string of the molecule is CC(=O)Oc1ccc(C=CC(=O)c2ccc(C)cc2)cc1.Clc1ccc2c(Cl)c1O2. The van der Waals surface area contributed by atoms with E-state index in [0.29, 0.717) is 27.1 Å². The summed E-state index contributed by atoms with van der Waals surface area (Å²) in [4.78, 5) is 22.8. The van der Waals surface area contributed by atoms with Gasteiger partial charge in [0.1, 0.15) is 16.5 Å². The number of aryl methyl sites for hydroxylation is 1. The summed E-state index contributed by atoms with van der Waals surface area (Å²) >= 11 is 11.3. The molecule has 152 valence electrons. The predicted octanol–water partition coefficient (Wildman–Crippen LogP) is 6.92. The highest BCUT2D eigenvalue weighted by atomic mass is 35.5. The maximum atomic E-state index is 12.0. The van der Waals surface area contributed by atoms with Gasteiger partial charge < -0.3 is 9.47 Å². The Balaban J connectivity index is 0.000000234. The zero-order chi connectivity index (χ0) is 21.7. The zero-order valence-corrected chi connectivity index (χ0v) is 17.8. The summed E-state index contributed by atoms with van der Waals surface area (Å²) in [6.07, 6.45) is 3.27. The molecule has 2 heterocycles. The van der Waals surface area contributed by atoms with Crippen molar-refractivity contribution in [2.75, 3.05) is 0 Å². The normalized spacial score (nSPS) is 11.1. The molecule has 0 atom stereocenters. The molecule has 0 fully saturated rings. The minimum atomic E-state index is -0.354. The first-order valence-corrected chi connectivity index (χ1v) is 9.82. The third-order valence-corrected chi connectivity index (χ3v) is 4.79. The summed E-state index contributed by atoms with van der Waals surface area (Å²) in [5.74, 6) is 1.42. The topological polar surface area (TPSA) is 52.6 Å². The van der Waals surface area contributed by atoms with E-state index in [-0.39, 0.29) is 11.8 Å². The number of benzene rings is 3. The van der Waals surface area contributed by atoms with Gasteiger partial charge in [0.25, 0.3) is 0 Å². The van der Waals surface area contributed by atoms with Gasteiger partial charge in [-0.25, -0.2) is 0 Å².